The Hall–Kier alpha value is -1.29. The van der Waals surface area contributed by atoms with Crippen LogP contribution in [-0.4, -0.2) is 31.6 Å². The lowest BCUT2D eigenvalue weighted by molar-refractivity contribution is 0.0121. The average Bonchev–Trinajstić information content (AvgIpc) is 2.49. The van der Waals surface area contributed by atoms with E-state index >= 15 is 0 Å². The fourth-order valence-corrected chi connectivity index (χ4v) is 0.952. The highest BCUT2D eigenvalue weighted by atomic mass is 16.8. The smallest absolute Gasteiger partial charge is 0.430 e. The lowest BCUT2D eigenvalue weighted by Crippen LogP contribution is -2.35. The average molecular weight is 184 g/mol. The molecule has 0 aromatic rings. The van der Waals surface area contributed by atoms with Crippen molar-refractivity contribution in [1.29, 1.82) is 0 Å². The minimum Gasteiger partial charge on any atom is -0.430 e. The highest BCUT2D eigenvalue weighted by Crippen LogP contribution is 2.21. The molecule has 1 heterocycles. The lowest BCUT2D eigenvalue weighted by Gasteiger charge is -2.19. The molecule has 1 rings (SSSR count). The maximum atomic E-state index is 10.7. The highest BCUT2D eigenvalue weighted by molar-refractivity contribution is 5.63. The second kappa shape index (κ2) is 4.09. The summed E-state index contributed by atoms with van der Waals surface area (Å²) in [4.78, 5) is 10.7. The van der Waals surface area contributed by atoms with E-state index in [4.69, 9.17) is 9.47 Å². The number of hydrogen-bond donors (Lipinski definition) is 0. The maximum absolute atomic E-state index is 10.7. The first-order valence-electron chi connectivity index (χ1n) is 3.90. The first-order valence-corrected chi connectivity index (χ1v) is 3.90. The van der Waals surface area contributed by atoms with Crippen LogP contribution < -0.4 is 0 Å². The molecule has 0 aromatic carbocycles. The standard InChI is InChI=1S/C9H12O4/c1-3-5-11-6-9(4-2)7-12-8(10)13-9/h3-4H,1-2,5-7H2. The molecule has 1 aliphatic rings. The number of carbonyl (C=O) groups excluding carboxylic acids is 1. The van der Waals surface area contributed by atoms with Crippen molar-refractivity contribution in [3.8, 4) is 0 Å². The van der Waals surface area contributed by atoms with E-state index in [1.165, 1.54) is 6.08 Å². The van der Waals surface area contributed by atoms with E-state index in [0.29, 0.717) is 6.61 Å². The quantitative estimate of drug-likeness (QED) is 0.367. The Kier molecular flexibility index (Phi) is 3.08. The van der Waals surface area contributed by atoms with Crippen LogP contribution in [0.2, 0.25) is 0 Å². The van der Waals surface area contributed by atoms with Crippen molar-refractivity contribution in [2.75, 3.05) is 19.8 Å². The summed E-state index contributed by atoms with van der Waals surface area (Å²) in [7, 11) is 0. The molecule has 0 amide bonds. The molecular formula is C9H12O4. The molecule has 4 heteroatoms. The van der Waals surface area contributed by atoms with Crippen LogP contribution in [0.4, 0.5) is 4.79 Å². The first kappa shape index (κ1) is 9.80. The molecular weight excluding hydrogens is 172 g/mol. The van der Waals surface area contributed by atoms with Gasteiger partial charge in [-0.2, -0.15) is 0 Å². The Morgan fingerprint density at radius 3 is 2.85 bits per heavy atom. The fourth-order valence-electron chi connectivity index (χ4n) is 0.952. The predicted molar refractivity (Wildman–Crippen MR) is 46.4 cm³/mol. The van der Waals surface area contributed by atoms with Crippen molar-refractivity contribution in [1.82, 2.24) is 0 Å². The van der Waals surface area contributed by atoms with Crippen molar-refractivity contribution in [2.45, 2.75) is 5.60 Å². The highest BCUT2D eigenvalue weighted by Gasteiger charge is 2.39. The van der Waals surface area contributed by atoms with Crippen molar-refractivity contribution >= 4 is 6.16 Å². The van der Waals surface area contributed by atoms with Crippen LogP contribution in [-0.2, 0) is 14.2 Å². The van der Waals surface area contributed by atoms with Gasteiger partial charge in [-0.3, -0.25) is 0 Å². The molecule has 13 heavy (non-hydrogen) atoms. The Morgan fingerprint density at radius 2 is 2.38 bits per heavy atom. The van der Waals surface area contributed by atoms with Crippen molar-refractivity contribution in [3.05, 3.63) is 25.3 Å². The Labute approximate surface area is 76.8 Å². The number of carbonyl (C=O) groups is 1. The number of hydrogen-bond acceptors (Lipinski definition) is 4. The molecule has 0 aliphatic carbocycles. The summed E-state index contributed by atoms with van der Waals surface area (Å²) in [5, 5.41) is 0. The Bertz CT molecular complexity index is 224. The third kappa shape index (κ3) is 2.32. The predicted octanol–water partition coefficient (Wildman–Crippen LogP) is 1.28. The molecule has 0 N–H and O–H groups in total. The third-order valence-corrected chi connectivity index (χ3v) is 1.68. The van der Waals surface area contributed by atoms with Crippen LogP contribution in [0.15, 0.2) is 25.3 Å². The zero-order valence-electron chi connectivity index (χ0n) is 7.32. The molecule has 1 saturated heterocycles. The van der Waals surface area contributed by atoms with Gasteiger partial charge < -0.3 is 14.2 Å². The van der Waals surface area contributed by atoms with Crippen molar-refractivity contribution in [2.24, 2.45) is 0 Å². The van der Waals surface area contributed by atoms with E-state index in [2.05, 4.69) is 17.9 Å². The number of rotatable bonds is 5. The van der Waals surface area contributed by atoms with Crippen LogP contribution in [0, 0.1) is 0 Å². The minimum absolute atomic E-state index is 0.159. The first-order chi connectivity index (χ1) is 6.22. The van der Waals surface area contributed by atoms with E-state index in [0.717, 1.165) is 0 Å². The molecule has 1 fully saturated rings. The molecule has 1 aliphatic heterocycles. The largest absolute Gasteiger partial charge is 0.509 e. The van der Waals surface area contributed by atoms with Gasteiger partial charge in [0.05, 0.1) is 13.2 Å². The van der Waals surface area contributed by atoms with Gasteiger partial charge in [0.25, 0.3) is 0 Å². The summed E-state index contributed by atoms with van der Waals surface area (Å²) in [6.45, 7) is 7.88. The van der Waals surface area contributed by atoms with Crippen LogP contribution >= 0.6 is 0 Å². The second-order valence-electron chi connectivity index (χ2n) is 2.71. The van der Waals surface area contributed by atoms with Gasteiger partial charge in [0, 0.05) is 0 Å². The van der Waals surface area contributed by atoms with Gasteiger partial charge >= 0.3 is 6.16 Å². The van der Waals surface area contributed by atoms with Gasteiger partial charge in [0.15, 0.2) is 5.60 Å². The van der Waals surface area contributed by atoms with E-state index in [9.17, 15) is 4.79 Å². The molecule has 1 atom stereocenters. The van der Waals surface area contributed by atoms with E-state index in [1.807, 2.05) is 0 Å². The summed E-state index contributed by atoms with van der Waals surface area (Å²) < 4.78 is 14.7. The zero-order chi connectivity index (χ0) is 9.73. The summed E-state index contributed by atoms with van der Waals surface area (Å²) in [5.41, 5.74) is -0.819. The van der Waals surface area contributed by atoms with E-state index in [-0.39, 0.29) is 13.2 Å². The third-order valence-electron chi connectivity index (χ3n) is 1.68. The SMILES string of the molecule is C=CCOCC1(C=C)COC(=O)O1. The summed E-state index contributed by atoms with van der Waals surface area (Å²) in [6.07, 6.45) is 2.46. The van der Waals surface area contributed by atoms with Crippen molar-refractivity contribution in [3.63, 3.8) is 0 Å². The molecule has 0 radical (unpaired) electrons. The van der Waals surface area contributed by atoms with Gasteiger partial charge in [0.1, 0.15) is 6.61 Å². The van der Waals surface area contributed by atoms with Crippen LogP contribution in [0.3, 0.4) is 0 Å². The Balaban J connectivity index is 2.45. The van der Waals surface area contributed by atoms with Crippen LogP contribution in [0.25, 0.3) is 0 Å². The topological polar surface area (TPSA) is 44.8 Å². The van der Waals surface area contributed by atoms with Gasteiger partial charge in [-0.05, 0) is 6.08 Å². The normalized spacial score (nSPS) is 26.3. The molecule has 0 saturated carbocycles. The van der Waals surface area contributed by atoms with E-state index in [1.54, 1.807) is 6.08 Å². The fraction of sp³-hybridized carbons (Fsp3) is 0.444. The maximum Gasteiger partial charge on any atom is 0.509 e. The van der Waals surface area contributed by atoms with Gasteiger partial charge in [-0.25, -0.2) is 4.79 Å². The number of cyclic esters (lactones) is 2. The van der Waals surface area contributed by atoms with Gasteiger partial charge in [-0.15, -0.1) is 6.58 Å². The summed E-state index contributed by atoms with van der Waals surface area (Å²) in [5.74, 6) is 0. The molecule has 72 valence electrons. The van der Waals surface area contributed by atoms with E-state index < -0.39 is 11.8 Å². The summed E-state index contributed by atoms with van der Waals surface area (Å²) >= 11 is 0. The molecule has 1 unspecified atom stereocenters. The van der Waals surface area contributed by atoms with Crippen LogP contribution in [0.1, 0.15) is 0 Å². The molecule has 0 aromatic heterocycles. The van der Waals surface area contributed by atoms with Gasteiger partial charge in [-0.1, -0.05) is 12.7 Å². The molecule has 0 spiro atoms. The zero-order valence-corrected chi connectivity index (χ0v) is 7.32. The molecule has 4 nitrogen and oxygen atoms in total. The second-order valence-corrected chi connectivity index (χ2v) is 2.71. The number of ether oxygens (including phenoxy) is 3. The monoisotopic (exact) mass is 184 g/mol. The Morgan fingerprint density at radius 1 is 1.62 bits per heavy atom. The summed E-state index contributed by atoms with van der Waals surface area (Å²) in [6, 6.07) is 0. The van der Waals surface area contributed by atoms with Crippen molar-refractivity contribution < 1.29 is 19.0 Å². The lowest BCUT2D eigenvalue weighted by atomic mass is 10.1. The molecule has 0 bridgehead atoms. The van der Waals surface area contributed by atoms with Gasteiger partial charge in [0.2, 0.25) is 0 Å². The van der Waals surface area contributed by atoms with Crippen LogP contribution in [0.5, 0.6) is 0 Å². The minimum atomic E-state index is -0.819.